The minimum absolute atomic E-state index is 0. The zero-order valence-electron chi connectivity index (χ0n) is 47.7. The molecule has 0 aliphatic heterocycles. The Kier molecular flexibility index (Phi) is 22.2. The van der Waals surface area contributed by atoms with Gasteiger partial charge in [-0.15, -0.1) is 0 Å². The van der Waals surface area contributed by atoms with E-state index in [1.807, 2.05) is 13.8 Å². The van der Waals surface area contributed by atoms with Gasteiger partial charge in [0.05, 0.1) is 5.92 Å². The molecule has 5 heteroatoms. The van der Waals surface area contributed by atoms with Crippen LogP contribution in [-0.2, 0) is 9.59 Å². The molecule has 13 atom stereocenters. The second-order valence-corrected chi connectivity index (χ2v) is 25.3. The molecule has 3 radical (unpaired) electrons. The van der Waals surface area contributed by atoms with Crippen LogP contribution in [0.3, 0.4) is 0 Å². The molecule has 0 aromatic heterocycles. The highest BCUT2D eigenvalue weighted by atomic mass is 19.3. The van der Waals surface area contributed by atoms with Crippen molar-refractivity contribution in [3.8, 4) is 0 Å². The Morgan fingerprint density at radius 3 is 0.844 bits per heavy atom. The summed E-state index contributed by atoms with van der Waals surface area (Å²) in [6.07, 6.45) is 2.92. The Labute approximate surface area is 400 Å². The van der Waals surface area contributed by atoms with Gasteiger partial charge in [0.15, 0.2) is 5.78 Å². The lowest BCUT2D eigenvalue weighted by Crippen LogP contribution is -2.27. The van der Waals surface area contributed by atoms with Crippen molar-refractivity contribution in [2.75, 3.05) is 0 Å². The molecule has 3 saturated carbocycles. The highest BCUT2D eigenvalue weighted by Gasteiger charge is 2.56. The van der Waals surface area contributed by atoms with Gasteiger partial charge in [-0.2, -0.15) is 0 Å². The lowest BCUT2D eigenvalue weighted by atomic mass is 9.72. The van der Waals surface area contributed by atoms with Crippen LogP contribution in [0.5, 0.6) is 0 Å². The summed E-state index contributed by atoms with van der Waals surface area (Å²) >= 11 is 0. The van der Waals surface area contributed by atoms with Crippen LogP contribution in [0.2, 0.25) is 0 Å². The number of carbonyl (C=O) groups is 2. The number of halogens is 2. The third kappa shape index (κ3) is 12.6. The lowest BCUT2D eigenvalue weighted by Gasteiger charge is -2.33. The largest absolute Gasteiger partial charge is 0.299 e. The first-order valence-electron chi connectivity index (χ1n) is 25.6. The van der Waals surface area contributed by atoms with E-state index in [2.05, 4.69) is 166 Å². The maximum absolute atomic E-state index is 13.0. The highest BCUT2D eigenvalue weighted by molar-refractivity contribution is 6.00. The summed E-state index contributed by atoms with van der Waals surface area (Å²) in [5, 5.41) is 0. The van der Waals surface area contributed by atoms with E-state index in [0.717, 1.165) is 64.8 Å². The summed E-state index contributed by atoms with van der Waals surface area (Å²) in [5.74, 6) is 4.24. The molecule has 0 bridgehead atoms. The maximum atomic E-state index is 13.0. The van der Waals surface area contributed by atoms with Crippen LogP contribution in [0, 0.1) is 110 Å². The molecule has 13 unspecified atom stereocenters. The van der Waals surface area contributed by atoms with E-state index in [-0.39, 0.29) is 20.1 Å². The van der Waals surface area contributed by atoms with E-state index in [1.165, 1.54) is 32.3 Å². The van der Waals surface area contributed by atoms with Gasteiger partial charge in [-0.1, -0.05) is 180 Å². The number of Topliss-reactive ketones (excluding diaryl/α,β-unsaturated/α-hetero) is 2. The van der Waals surface area contributed by atoms with E-state index in [0.29, 0.717) is 33.4 Å². The zero-order chi connectivity index (χ0) is 50.2. The summed E-state index contributed by atoms with van der Waals surface area (Å²) in [4.78, 5) is 22.3. The number of allylic oxidation sites excluding steroid dienone is 6. The fourth-order valence-corrected chi connectivity index (χ4v) is 12.3. The Bertz CT molecular complexity index is 1600. The molecule has 0 aromatic carbocycles. The van der Waals surface area contributed by atoms with Crippen molar-refractivity contribution in [2.24, 2.45) is 110 Å². The molecule has 371 valence electrons. The number of rotatable bonds is 0. The number of hydrogen-bond donors (Lipinski definition) is 0. The van der Waals surface area contributed by atoms with E-state index in [1.54, 1.807) is 29.2 Å². The summed E-state index contributed by atoms with van der Waals surface area (Å²) in [7, 11) is 0. The summed E-state index contributed by atoms with van der Waals surface area (Å²) < 4.78 is 26.0. The van der Waals surface area contributed by atoms with Crippen molar-refractivity contribution in [1.82, 2.24) is 0 Å². The molecule has 0 aromatic rings. The van der Waals surface area contributed by atoms with Gasteiger partial charge in [0.25, 0.3) is 5.92 Å². The first kappa shape index (κ1) is 62.5. The molecule has 0 N–H and O–H groups in total. The first-order chi connectivity index (χ1) is 28.1. The number of ketones is 2. The van der Waals surface area contributed by atoms with Crippen LogP contribution < -0.4 is 0 Å². The van der Waals surface area contributed by atoms with Crippen LogP contribution >= 0.6 is 0 Å². The van der Waals surface area contributed by atoms with Crippen molar-refractivity contribution in [2.45, 2.75) is 220 Å². The van der Waals surface area contributed by atoms with Crippen LogP contribution in [-0.4, -0.2) is 25.9 Å². The third-order valence-electron chi connectivity index (χ3n) is 21.7. The number of alkyl halides is 2. The number of hydrogen-bond acceptors (Lipinski definition) is 2. The average molecular weight is 896 g/mol. The minimum atomic E-state index is -2.80. The highest BCUT2D eigenvalue weighted by Crippen LogP contribution is 2.60. The topological polar surface area (TPSA) is 34.1 Å². The standard InChI is InChI=1S/C12H24.2C11H20.C9H14O.C8H12F2O.C8H16.B/c1-8-9(2)12(6,7)10(3)11(8,4)5;2*1-7-8(2)10(4)11(5,6)9(7)3;1-5-6(2)8(4)9(10)7(5)3;1-4-5(2)8(9,10)6(3)7(4)11;1-6-4-7(2)8(3)5-6;/h8-10H,1-7H3;2*7,9H,1-6H3;5,7H,1-4H3;4-6H,1-3H3;6-8H,4-5H2,1-3H3;. The molecule has 6 aliphatic rings. The molecule has 0 amide bonds. The van der Waals surface area contributed by atoms with Crippen molar-refractivity contribution >= 4 is 20.0 Å². The second-order valence-electron chi connectivity index (χ2n) is 25.3. The predicted octanol–water partition coefficient (Wildman–Crippen LogP) is 17.8. The molecule has 0 heterocycles. The smallest absolute Gasteiger partial charge is 0.260 e. The first-order valence-corrected chi connectivity index (χ1v) is 25.6. The molecule has 64 heavy (non-hydrogen) atoms. The Morgan fingerprint density at radius 2 is 0.766 bits per heavy atom. The normalized spacial score (nSPS) is 39.6. The maximum Gasteiger partial charge on any atom is 0.260 e. The molecular formula is C59H106BF2O2. The number of carbonyl (C=O) groups excluding carboxylic acids is 2. The van der Waals surface area contributed by atoms with Crippen molar-refractivity contribution in [3.05, 3.63) is 33.4 Å². The van der Waals surface area contributed by atoms with Crippen molar-refractivity contribution in [1.29, 1.82) is 0 Å². The van der Waals surface area contributed by atoms with Gasteiger partial charge >= 0.3 is 0 Å². The van der Waals surface area contributed by atoms with Gasteiger partial charge in [-0.05, 0) is 154 Å². The minimum Gasteiger partial charge on any atom is -0.299 e. The molecular weight excluding hydrogens is 789 g/mol. The van der Waals surface area contributed by atoms with E-state index in [4.69, 9.17) is 0 Å². The quantitative estimate of drug-likeness (QED) is 0.179. The fraction of sp³-hybridized carbons (Fsp3) is 0.864. The molecule has 6 aliphatic carbocycles. The SMILES string of the molecule is CC1=C(C)C(C)(C)C(C)C1C.CC1=C(C)C(C)(C)C(C)C1C.CC1=C(C)C(C)C(C)C1=O.CC1C(=O)C(C)C(F)(F)C1C.CC1C(C)C(C)(C)C(C)C1(C)C.CC1CC(C)C(C)C1.[B]. The van der Waals surface area contributed by atoms with Gasteiger partial charge < -0.3 is 0 Å². The molecule has 0 spiro atoms. The second kappa shape index (κ2) is 22.7. The van der Waals surface area contributed by atoms with Crippen LogP contribution in [0.15, 0.2) is 33.4 Å². The van der Waals surface area contributed by atoms with Gasteiger partial charge in [0.1, 0.15) is 5.78 Å². The van der Waals surface area contributed by atoms with Crippen LogP contribution in [0.25, 0.3) is 0 Å². The van der Waals surface area contributed by atoms with Gasteiger partial charge in [-0.3, -0.25) is 9.59 Å². The average Bonchev–Trinajstić information content (AvgIpc) is 3.77. The molecule has 3 fully saturated rings. The predicted molar refractivity (Wildman–Crippen MR) is 278 cm³/mol. The van der Waals surface area contributed by atoms with Crippen LogP contribution in [0.1, 0.15) is 214 Å². The third-order valence-corrected chi connectivity index (χ3v) is 21.7. The zero-order valence-corrected chi connectivity index (χ0v) is 47.7. The summed E-state index contributed by atoms with van der Waals surface area (Å²) in [5.41, 5.74) is 10.6. The van der Waals surface area contributed by atoms with Gasteiger partial charge in [0, 0.05) is 26.2 Å². The van der Waals surface area contributed by atoms with Crippen LogP contribution in [0.4, 0.5) is 8.78 Å². The Balaban J connectivity index is 0.000000744. The fourth-order valence-electron chi connectivity index (χ4n) is 12.3. The Hall–Kier alpha value is -1.52. The van der Waals surface area contributed by atoms with Crippen molar-refractivity contribution in [3.63, 3.8) is 0 Å². The summed E-state index contributed by atoms with van der Waals surface area (Å²) in [6, 6.07) is 0. The van der Waals surface area contributed by atoms with Gasteiger partial charge in [0.2, 0.25) is 0 Å². The molecule has 6 rings (SSSR count). The van der Waals surface area contributed by atoms with E-state index >= 15 is 0 Å². The Morgan fingerprint density at radius 1 is 0.438 bits per heavy atom. The monoisotopic (exact) mass is 896 g/mol. The molecule has 2 nitrogen and oxygen atoms in total. The van der Waals surface area contributed by atoms with Crippen molar-refractivity contribution < 1.29 is 18.4 Å². The van der Waals surface area contributed by atoms with E-state index in [9.17, 15) is 18.4 Å². The van der Waals surface area contributed by atoms with Gasteiger partial charge in [-0.25, -0.2) is 8.78 Å². The molecule has 0 saturated heterocycles. The summed E-state index contributed by atoms with van der Waals surface area (Å²) in [6.45, 7) is 64.5. The van der Waals surface area contributed by atoms with E-state index < -0.39 is 23.7 Å². The lowest BCUT2D eigenvalue weighted by molar-refractivity contribution is -0.127.